The molecule has 2 atom stereocenters. The standard InChI is InChI=1S/C18H11BrF4N4O/c19-12-4-5-14(13(20)7-12)25-16(28)15-8-17(27-26-15,18(21,22)23)11-3-1-2-10(6-11)9-24/h1-7,15H,8H2,(H,25,28). The number of amides is 1. The van der Waals surface area contributed by atoms with E-state index < -0.39 is 35.9 Å². The van der Waals surface area contributed by atoms with E-state index in [9.17, 15) is 22.4 Å². The molecular formula is C18H11BrF4N4O. The second kappa shape index (κ2) is 7.31. The van der Waals surface area contributed by atoms with Crippen molar-refractivity contribution in [1.82, 2.24) is 0 Å². The highest BCUT2D eigenvalue weighted by atomic mass is 79.9. The first-order chi connectivity index (χ1) is 13.2. The van der Waals surface area contributed by atoms with Crippen molar-refractivity contribution in [3.8, 4) is 6.07 Å². The molecule has 2 unspecified atom stereocenters. The number of carbonyl (C=O) groups is 1. The zero-order valence-electron chi connectivity index (χ0n) is 14.0. The van der Waals surface area contributed by atoms with Crippen molar-refractivity contribution >= 4 is 27.5 Å². The van der Waals surface area contributed by atoms with Gasteiger partial charge in [-0.05, 0) is 35.9 Å². The fourth-order valence-electron chi connectivity index (χ4n) is 2.84. The van der Waals surface area contributed by atoms with Gasteiger partial charge in [-0.3, -0.25) is 4.79 Å². The average molecular weight is 455 g/mol. The van der Waals surface area contributed by atoms with Crippen LogP contribution in [-0.4, -0.2) is 18.1 Å². The van der Waals surface area contributed by atoms with Gasteiger partial charge in [0.05, 0.1) is 17.3 Å². The van der Waals surface area contributed by atoms with Crippen LogP contribution in [0.25, 0.3) is 0 Å². The molecular weight excluding hydrogens is 444 g/mol. The van der Waals surface area contributed by atoms with Gasteiger partial charge < -0.3 is 5.32 Å². The van der Waals surface area contributed by atoms with Crippen molar-refractivity contribution in [2.24, 2.45) is 10.2 Å². The summed E-state index contributed by atoms with van der Waals surface area (Å²) < 4.78 is 55.9. The van der Waals surface area contributed by atoms with Gasteiger partial charge in [0.25, 0.3) is 5.91 Å². The normalized spacial score (nSPS) is 21.4. The Kier molecular flexibility index (Phi) is 5.21. The second-order valence-electron chi connectivity index (χ2n) is 6.10. The molecule has 10 heteroatoms. The zero-order valence-corrected chi connectivity index (χ0v) is 15.6. The van der Waals surface area contributed by atoms with Gasteiger partial charge in [0, 0.05) is 10.9 Å². The quantitative estimate of drug-likeness (QED) is 0.656. The highest BCUT2D eigenvalue weighted by molar-refractivity contribution is 9.10. The second-order valence-corrected chi connectivity index (χ2v) is 7.02. The number of nitrogens with one attached hydrogen (secondary N) is 1. The molecule has 0 aliphatic carbocycles. The first-order valence-electron chi connectivity index (χ1n) is 7.91. The largest absolute Gasteiger partial charge is 0.419 e. The third kappa shape index (κ3) is 3.62. The van der Waals surface area contributed by atoms with E-state index in [4.69, 9.17) is 5.26 Å². The topological polar surface area (TPSA) is 77.6 Å². The Labute approximate surface area is 165 Å². The molecule has 3 rings (SSSR count). The molecule has 0 bridgehead atoms. The van der Waals surface area contributed by atoms with Gasteiger partial charge in [0.1, 0.15) is 5.82 Å². The van der Waals surface area contributed by atoms with Crippen molar-refractivity contribution in [2.45, 2.75) is 24.2 Å². The van der Waals surface area contributed by atoms with E-state index in [2.05, 4.69) is 31.5 Å². The molecule has 1 N–H and O–H groups in total. The molecule has 1 amide bonds. The maximum atomic E-state index is 13.9. The van der Waals surface area contributed by atoms with Crippen molar-refractivity contribution < 1.29 is 22.4 Å². The molecule has 0 aromatic heterocycles. The van der Waals surface area contributed by atoms with Gasteiger partial charge in [-0.25, -0.2) is 4.39 Å². The van der Waals surface area contributed by atoms with Crippen LogP contribution in [0, 0.1) is 17.1 Å². The van der Waals surface area contributed by atoms with E-state index in [0.29, 0.717) is 4.47 Å². The van der Waals surface area contributed by atoms with Crippen LogP contribution in [0.1, 0.15) is 17.5 Å². The molecule has 0 radical (unpaired) electrons. The lowest BCUT2D eigenvalue weighted by molar-refractivity contribution is -0.188. The number of rotatable bonds is 3. The minimum Gasteiger partial charge on any atom is -0.322 e. The first-order valence-corrected chi connectivity index (χ1v) is 8.71. The van der Waals surface area contributed by atoms with Crippen LogP contribution in [-0.2, 0) is 10.3 Å². The summed E-state index contributed by atoms with van der Waals surface area (Å²) in [7, 11) is 0. The fraction of sp³-hybridized carbons (Fsp3) is 0.222. The van der Waals surface area contributed by atoms with E-state index in [1.54, 1.807) is 6.07 Å². The molecule has 0 saturated carbocycles. The smallest absolute Gasteiger partial charge is 0.322 e. The van der Waals surface area contributed by atoms with Crippen LogP contribution in [0.5, 0.6) is 0 Å². The van der Waals surface area contributed by atoms with Crippen molar-refractivity contribution in [3.05, 3.63) is 63.9 Å². The highest BCUT2D eigenvalue weighted by Gasteiger charge is 2.61. The number of nitriles is 1. The maximum Gasteiger partial charge on any atom is 0.419 e. The number of anilines is 1. The molecule has 144 valence electrons. The Hall–Kier alpha value is -2.80. The third-order valence-corrected chi connectivity index (χ3v) is 4.78. The van der Waals surface area contributed by atoms with Crippen LogP contribution in [0.2, 0.25) is 0 Å². The number of nitrogens with zero attached hydrogens (tertiary/aromatic N) is 3. The predicted molar refractivity (Wildman–Crippen MR) is 94.9 cm³/mol. The van der Waals surface area contributed by atoms with Gasteiger partial charge in [-0.1, -0.05) is 28.1 Å². The summed E-state index contributed by atoms with van der Waals surface area (Å²) in [6.45, 7) is 0. The third-order valence-electron chi connectivity index (χ3n) is 4.29. The van der Waals surface area contributed by atoms with Gasteiger partial charge in [-0.15, -0.1) is 0 Å². The number of halogens is 5. The van der Waals surface area contributed by atoms with E-state index in [1.165, 1.54) is 30.3 Å². The summed E-state index contributed by atoms with van der Waals surface area (Å²) in [5.74, 6) is -1.66. The minimum absolute atomic E-state index is 0.0289. The number of alkyl halides is 3. The summed E-state index contributed by atoms with van der Waals surface area (Å²) >= 11 is 3.07. The van der Waals surface area contributed by atoms with Crippen molar-refractivity contribution in [3.63, 3.8) is 0 Å². The van der Waals surface area contributed by atoms with Crippen molar-refractivity contribution in [1.29, 1.82) is 5.26 Å². The monoisotopic (exact) mass is 454 g/mol. The minimum atomic E-state index is -4.84. The highest BCUT2D eigenvalue weighted by Crippen LogP contribution is 2.49. The Morgan fingerprint density at radius 2 is 2.04 bits per heavy atom. The number of benzene rings is 2. The van der Waals surface area contributed by atoms with Gasteiger partial charge in [-0.2, -0.15) is 28.7 Å². The van der Waals surface area contributed by atoms with E-state index in [1.807, 2.05) is 0 Å². The molecule has 1 heterocycles. The van der Waals surface area contributed by atoms with Crippen LogP contribution < -0.4 is 5.32 Å². The molecule has 5 nitrogen and oxygen atoms in total. The Morgan fingerprint density at radius 3 is 2.68 bits per heavy atom. The van der Waals surface area contributed by atoms with Crippen LogP contribution in [0.4, 0.5) is 23.2 Å². The van der Waals surface area contributed by atoms with E-state index in [0.717, 1.165) is 12.1 Å². The van der Waals surface area contributed by atoms with Crippen LogP contribution in [0.3, 0.4) is 0 Å². The Balaban J connectivity index is 1.88. The Bertz CT molecular complexity index is 1000. The maximum absolute atomic E-state index is 13.9. The zero-order chi connectivity index (χ0) is 20.5. The molecule has 0 saturated heterocycles. The lowest BCUT2D eigenvalue weighted by atomic mass is 9.84. The number of azo groups is 1. The molecule has 28 heavy (non-hydrogen) atoms. The number of hydrogen-bond acceptors (Lipinski definition) is 4. The fourth-order valence-corrected chi connectivity index (χ4v) is 3.17. The lowest BCUT2D eigenvalue weighted by Gasteiger charge is -2.28. The SMILES string of the molecule is N#Cc1cccc(C2(C(F)(F)F)CC(C(=O)Nc3ccc(Br)cc3F)N=N2)c1. The summed E-state index contributed by atoms with van der Waals surface area (Å²) in [6, 6.07) is 9.09. The first kappa shape index (κ1) is 19.9. The summed E-state index contributed by atoms with van der Waals surface area (Å²) in [4.78, 5) is 12.4. The molecule has 2 aromatic carbocycles. The average Bonchev–Trinajstić information content (AvgIpc) is 3.11. The summed E-state index contributed by atoms with van der Waals surface area (Å²) in [6.07, 6.45) is -5.63. The molecule has 0 spiro atoms. The number of carbonyl (C=O) groups excluding carboxylic acids is 1. The van der Waals surface area contributed by atoms with Crippen LogP contribution in [0.15, 0.2) is 57.2 Å². The molecule has 0 fully saturated rings. The number of hydrogen-bond donors (Lipinski definition) is 1. The molecule has 2 aromatic rings. The summed E-state index contributed by atoms with van der Waals surface area (Å²) in [5, 5.41) is 18.1. The molecule has 1 aliphatic rings. The van der Waals surface area contributed by atoms with Gasteiger partial charge >= 0.3 is 6.18 Å². The van der Waals surface area contributed by atoms with Crippen molar-refractivity contribution in [2.75, 3.05) is 5.32 Å². The summed E-state index contributed by atoms with van der Waals surface area (Å²) in [5.41, 5.74) is -3.19. The lowest BCUT2D eigenvalue weighted by Crippen LogP contribution is -2.41. The van der Waals surface area contributed by atoms with E-state index >= 15 is 0 Å². The van der Waals surface area contributed by atoms with Gasteiger partial charge in [0.2, 0.25) is 5.54 Å². The predicted octanol–water partition coefficient (Wildman–Crippen LogP) is 5.08. The van der Waals surface area contributed by atoms with E-state index in [-0.39, 0.29) is 16.8 Å². The Morgan fingerprint density at radius 1 is 1.29 bits per heavy atom. The molecule has 1 aliphatic heterocycles. The van der Waals surface area contributed by atoms with Crippen LogP contribution >= 0.6 is 15.9 Å². The van der Waals surface area contributed by atoms with Gasteiger partial charge in [0.15, 0.2) is 6.04 Å².